The number of benzene rings is 1. The van der Waals surface area contributed by atoms with Crippen LogP contribution < -0.4 is 0 Å². The number of rotatable bonds is 4. The number of hydrogen-bond acceptors (Lipinski definition) is 5. The molecule has 0 radical (unpaired) electrons. The number of nitro groups is 1. The van der Waals surface area contributed by atoms with Crippen LogP contribution in [-0.2, 0) is 0 Å². The van der Waals surface area contributed by atoms with Gasteiger partial charge in [0.15, 0.2) is 0 Å². The Kier molecular flexibility index (Phi) is 4.09. The van der Waals surface area contributed by atoms with Crippen LogP contribution in [0.15, 0.2) is 23.1 Å². The lowest BCUT2D eigenvalue weighted by atomic mass is 10.2. The van der Waals surface area contributed by atoms with Crippen molar-refractivity contribution in [1.29, 1.82) is 5.26 Å². The van der Waals surface area contributed by atoms with Crippen molar-refractivity contribution in [2.75, 3.05) is 12.4 Å². The largest absolute Gasteiger partial charge is 0.396 e. The van der Waals surface area contributed by atoms with Crippen molar-refractivity contribution in [2.45, 2.75) is 4.90 Å². The Labute approximate surface area is 90.5 Å². The van der Waals surface area contributed by atoms with Gasteiger partial charge in [0.05, 0.1) is 17.1 Å². The van der Waals surface area contributed by atoms with Gasteiger partial charge in [0.25, 0.3) is 5.69 Å². The van der Waals surface area contributed by atoms with Gasteiger partial charge in [-0.2, -0.15) is 5.26 Å². The van der Waals surface area contributed by atoms with Crippen LogP contribution in [0.2, 0.25) is 0 Å². The van der Waals surface area contributed by atoms with E-state index in [0.717, 1.165) is 0 Å². The normalized spacial score (nSPS) is 9.60. The molecule has 78 valence electrons. The van der Waals surface area contributed by atoms with Gasteiger partial charge in [-0.3, -0.25) is 10.1 Å². The number of nitriles is 1. The zero-order valence-electron chi connectivity index (χ0n) is 7.71. The first-order valence-corrected chi connectivity index (χ1v) is 5.10. The van der Waals surface area contributed by atoms with Crippen LogP contribution in [0.5, 0.6) is 0 Å². The molecular formula is C9H8N2O3S. The summed E-state index contributed by atoms with van der Waals surface area (Å²) in [4.78, 5) is 10.6. The quantitative estimate of drug-likeness (QED) is 0.476. The van der Waals surface area contributed by atoms with Gasteiger partial charge in [-0.05, 0) is 6.07 Å². The molecule has 15 heavy (non-hydrogen) atoms. The Morgan fingerprint density at radius 1 is 1.60 bits per heavy atom. The van der Waals surface area contributed by atoms with Gasteiger partial charge < -0.3 is 5.11 Å². The van der Waals surface area contributed by atoms with Crippen LogP contribution in [0.25, 0.3) is 0 Å². The molecular weight excluding hydrogens is 216 g/mol. The molecule has 0 amide bonds. The fourth-order valence-corrected chi connectivity index (χ4v) is 1.74. The second kappa shape index (κ2) is 5.34. The molecule has 0 unspecified atom stereocenters. The average molecular weight is 224 g/mol. The van der Waals surface area contributed by atoms with E-state index in [1.807, 2.05) is 6.07 Å². The van der Waals surface area contributed by atoms with Gasteiger partial charge in [0.2, 0.25) is 0 Å². The minimum Gasteiger partial charge on any atom is -0.396 e. The number of nitro benzene ring substituents is 1. The van der Waals surface area contributed by atoms with E-state index in [1.165, 1.54) is 30.0 Å². The summed E-state index contributed by atoms with van der Waals surface area (Å²) in [5.74, 6) is 0.465. The molecule has 0 spiro atoms. The molecule has 0 aliphatic rings. The molecule has 0 fully saturated rings. The van der Waals surface area contributed by atoms with Crippen molar-refractivity contribution in [1.82, 2.24) is 0 Å². The lowest BCUT2D eigenvalue weighted by Crippen LogP contribution is -1.92. The first-order chi connectivity index (χ1) is 7.19. The highest BCUT2D eigenvalue weighted by Gasteiger charge is 2.10. The minimum atomic E-state index is -0.540. The standard InChI is InChI=1S/C9H8N2O3S/c10-6-7-5-8(11(13)14)1-2-9(7)15-4-3-12/h1-2,5,12H,3-4H2. The third kappa shape index (κ3) is 2.94. The van der Waals surface area contributed by atoms with Crippen molar-refractivity contribution in [3.05, 3.63) is 33.9 Å². The van der Waals surface area contributed by atoms with E-state index in [4.69, 9.17) is 10.4 Å². The monoisotopic (exact) mass is 224 g/mol. The molecule has 0 saturated heterocycles. The van der Waals surface area contributed by atoms with E-state index in [9.17, 15) is 10.1 Å². The first kappa shape index (κ1) is 11.5. The number of hydrogen-bond donors (Lipinski definition) is 1. The Morgan fingerprint density at radius 2 is 2.33 bits per heavy atom. The number of thioether (sulfide) groups is 1. The second-order valence-electron chi connectivity index (χ2n) is 2.62. The van der Waals surface area contributed by atoms with E-state index in [0.29, 0.717) is 10.6 Å². The molecule has 1 rings (SSSR count). The molecule has 1 aromatic rings. The molecule has 0 aliphatic carbocycles. The predicted octanol–water partition coefficient (Wildman–Crippen LogP) is 1.55. The molecule has 1 aromatic carbocycles. The van der Waals surface area contributed by atoms with Gasteiger partial charge in [-0.15, -0.1) is 11.8 Å². The topological polar surface area (TPSA) is 87.2 Å². The molecule has 0 bridgehead atoms. The zero-order valence-corrected chi connectivity index (χ0v) is 8.53. The SMILES string of the molecule is N#Cc1cc([N+](=O)[O-])ccc1SCCO. The lowest BCUT2D eigenvalue weighted by Gasteiger charge is -2.01. The highest BCUT2D eigenvalue weighted by atomic mass is 32.2. The Balaban J connectivity index is 3.00. The Bertz CT molecular complexity index is 414. The van der Waals surface area contributed by atoms with Crippen LogP contribution >= 0.6 is 11.8 Å². The predicted molar refractivity (Wildman–Crippen MR) is 55.6 cm³/mol. The Hall–Kier alpha value is -1.58. The van der Waals surface area contributed by atoms with Crippen LogP contribution in [0.4, 0.5) is 5.69 Å². The Morgan fingerprint density at radius 3 is 2.87 bits per heavy atom. The maximum absolute atomic E-state index is 10.4. The highest BCUT2D eigenvalue weighted by molar-refractivity contribution is 7.99. The maximum Gasteiger partial charge on any atom is 0.270 e. The lowest BCUT2D eigenvalue weighted by molar-refractivity contribution is -0.384. The van der Waals surface area contributed by atoms with Crippen molar-refractivity contribution in [3.63, 3.8) is 0 Å². The fraction of sp³-hybridized carbons (Fsp3) is 0.222. The van der Waals surface area contributed by atoms with E-state index >= 15 is 0 Å². The van der Waals surface area contributed by atoms with Crippen LogP contribution in [0.1, 0.15) is 5.56 Å². The number of non-ortho nitro benzene ring substituents is 1. The molecule has 0 atom stereocenters. The number of aliphatic hydroxyl groups excluding tert-OH is 1. The highest BCUT2D eigenvalue weighted by Crippen LogP contribution is 2.25. The summed E-state index contributed by atoms with van der Waals surface area (Å²) >= 11 is 1.30. The molecule has 0 aliphatic heterocycles. The van der Waals surface area contributed by atoms with Crippen molar-refractivity contribution >= 4 is 17.4 Å². The van der Waals surface area contributed by atoms with Gasteiger partial charge in [0.1, 0.15) is 6.07 Å². The van der Waals surface area contributed by atoms with E-state index in [2.05, 4.69) is 0 Å². The fourth-order valence-electron chi connectivity index (χ4n) is 1.00. The van der Waals surface area contributed by atoms with E-state index < -0.39 is 4.92 Å². The van der Waals surface area contributed by atoms with E-state index in [1.54, 1.807) is 0 Å². The van der Waals surface area contributed by atoms with Gasteiger partial charge in [-0.25, -0.2) is 0 Å². The van der Waals surface area contributed by atoms with Gasteiger partial charge in [-0.1, -0.05) is 0 Å². The summed E-state index contributed by atoms with van der Waals surface area (Å²) < 4.78 is 0. The smallest absolute Gasteiger partial charge is 0.270 e. The van der Waals surface area contributed by atoms with Crippen LogP contribution in [-0.4, -0.2) is 22.4 Å². The third-order valence-corrected chi connectivity index (χ3v) is 2.70. The first-order valence-electron chi connectivity index (χ1n) is 4.11. The van der Waals surface area contributed by atoms with Gasteiger partial charge >= 0.3 is 0 Å². The molecule has 0 aromatic heterocycles. The summed E-state index contributed by atoms with van der Waals surface area (Å²) in [6, 6.07) is 6.00. The molecule has 0 saturated carbocycles. The zero-order chi connectivity index (χ0) is 11.3. The molecule has 6 heteroatoms. The molecule has 5 nitrogen and oxygen atoms in total. The number of aliphatic hydroxyl groups is 1. The molecule has 1 N–H and O–H groups in total. The molecule has 0 heterocycles. The summed E-state index contributed by atoms with van der Waals surface area (Å²) in [6.45, 7) is 0.00647. The summed E-state index contributed by atoms with van der Waals surface area (Å²) in [7, 11) is 0. The third-order valence-electron chi connectivity index (χ3n) is 1.64. The van der Waals surface area contributed by atoms with Crippen LogP contribution in [0.3, 0.4) is 0 Å². The minimum absolute atomic E-state index is 0.00647. The number of nitrogens with zero attached hydrogens (tertiary/aromatic N) is 2. The van der Waals surface area contributed by atoms with Crippen molar-refractivity contribution in [3.8, 4) is 6.07 Å². The maximum atomic E-state index is 10.4. The second-order valence-corrected chi connectivity index (χ2v) is 3.76. The van der Waals surface area contributed by atoms with Crippen LogP contribution in [0, 0.1) is 21.4 Å². The van der Waals surface area contributed by atoms with Gasteiger partial charge in [0, 0.05) is 22.8 Å². The van der Waals surface area contributed by atoms with E-state index in [-0.39, 0.29) is 17.9 Å². The van der Waals surface area contributed by atoms with Crippen molar-refractivity contribution < 1.29 is 10.0 Å². The summed E-state index contributed by atoms with van der Waals surface area (Å²) in [5.41, 5.74) is 0.169. The average Bonchev–Trinajstić information content (AvgIpc) is 2.25. The summed E-state index contributed by atoms with van der Waals surface area (Å²) in [5, 5.41) is 27.8. The summed E-state index contributed by atoms with van der Waals surface area (Å²) in [6.07, 6.45) is 0. The van der Waals surface area contributed by atoms with Crippen molar-refractivity contribution in [2.24, 2.45) is 0 Å².